The van der Waals surface area contributed by atoms with Gasteiger partial charge in [0.05, 0.1) is 6.04 Å². The van der Waals surface area contributed by atoms with Crippen LogP contribution in [0.3, 0.4) is 0 Å². The fraction of sp³-hybridized carbons (Fsp3) is 0.409. The Balaban J connectivity index is 2.04. The number of esters is 1. The predicted molar refractivity (Wildman–Crippen MR) is 118 cm³/mol. The number of hydrogen-bond acceptors (Lipinski definition) is 6. The lowest BCUT2D eigenvalue weighted by molar-refractivity contribution is -0.148. The third-order valence-electron chi connectivity index (χ3n) is 5.62. The molecule has 9 heteroatoms. The van der Waals surface area contributed by atoms with Gasteiger partial charge in [-0.15, -0.1) is 0 Å². The second-order valence-electron chi connectivity index (χ2n) is 8.58. The summed E-state index contributed by atoms with van der Waals surface area (Å²) in [5.41, 5.74) is 9.07. The lowest BCUT2D eigenvalue weighted by Crippen LogP contribution is -2.67. The van der Waals surface area contributed by atoms with E-state index >= 15 is 0 Å². The first-order chi connectivity index (χ1) is 14.7. The standard InChI is InChI=1S/C22H27N3O5Si/c1-22(2,3)31(15-10-6-4-7-11-15,16-12-8-5-9-13-16)29-14-17(24-25-23)20-18(26)19(27)21(28)30-20/h4-13,17-20,26-27H,14H2,1-3H3/t17-,18+,19-,20-/m1/s1. The third-order valence-corrected chi connectivity index (χ3v) is 10.6. The SMILES string of the molecule is CC(C)(C)[Si](OC[C@@H](N=[N+]=[N-])[C@H]1OC(=O)[C@H](O)[C@@H]1O)(c1ccccc1)c1ccccc1. The molecule has 0 bridgehead atoms. The van der Waals surface area contributed by atoms with Gasteiger partial charge >= 0.3 is 5.97 Å². The van der Waals surface area contributed by atoms with Crippen molar-refractivity contribution < 1.29 is 24.2 Å². The van der Waals surface area contributed by atoms with E-state index in [4.69, 9.17) is 14.7 Å². The summed E-state index contributed by atoms with van der Waals surface area (Å²) in [6.45, 7) is 6.24. The number of azide groups is 1. The molecule has 4 atom stereocenters. The van der Waals surface area contributed by atoms with Crippen molar-refractivity contribution >= 4 is 24.7 Å². The molecule has 2 N–H and O–H groups in total. The lowest BCUT2D eigenvalue weighted by atomic mass is 10.1. The molecule has 2 aromatic rings. The zero-order valence-electron chi connectivity index (χ0n) is 17.8. The van der Waals surface area contributed by atoms with Gasteiger partial charge in [-0.25, -0.2) is 4.79 Å². The number of cyclic esters (lactones) is 1. The molecule has 1 aliphatic rings. The van der Waals surface area contributed by atoms with Gasteiger partial charge in [0.25, 0.3) is 8.32 Å². The highest BCUT2D eigenvalue weighted by molar-refractivity contribution is 6.99. The van der Waals surface area contributed by atoms with Crippen molar-refractivity contribution in [2.75, 3.05) is 6.61 Å². The molecule has 1 saturated heterocycles. The highest BCUT2D eigenvalue weighted by atomic mass is 28.4. The Morgan fingerprint density at radius 3 is 2.00 bits per heavy atom. The molecule has 3 rings (SSSR count). The first-order valence-electron chi connectivity index (χ1n) is 10.1. The van der Waals surface area contributed by atoms with Crippen molar-refractivity contribution in [2.45, 2.75) is 50.2 Å². The maximum absolute atomic E-state index is 11.7. The van der Waals surface area contributed by atoms with Crippen LogP contribution in [0.15, 0.2) is 65.8 Å². The van der Waals surface area contributed by atoms with E-state index in [0.29, 0.717) is 0 Å². The van der Waals surface area contributed by atoms with Crippen LogP contribution in [0.25, 0.3) is 10.4 Å². The summed E-state index contributed by atoms with van der Waals surface area (Å²) in [7, 11) is -2.92. The van der Waals surface area contributed by atoms with Crippen LogP contribution in [0.5, 0.6) is 0 Å². The second-order valence-corrected chi connectivity index (χ2v) is 12.9. The molecule has 1 aliphatic heterocycles. The molecule has 8 nitrogen and oxygen atoms in total. The maximum Gasteiger partial charge on any atom is 0.338 e. The molecule has 1 fully saturated rings. The molecule has 164 valence electrons. The quantitative estimate of drug-likeness (QED) is 0.223. The van der Waals surface area contributed by atoms with Gasteiger partial charge in [0, 0.05) is 11.5 Å². The molecule has 0 unspecified atom stereocenters. The number of carbonyl (C=O) groups is 1. The minimum atomic E-state index is -2.92. The molecule has 0 aliphatic carbocycles. The Kier molecular flexibility index (Phi) is 6.83. The van der Waals surface area contributed by atoms with Gasteiger partial charge in [-0.05, 0) is 20.9 Å². The lowest BCUT2D eigenvalue weighted by Gasteiger charge is -2.43. The summed E-state index contributed by atoms with van der Waals surface area (Å²) in [4.78, 5) is 14.6. The van der Waals surface area contributed by atoms with Crippen LogP contribution in [0.4, 0.5) is 0 Å². The van der Waals surface area contributed by atoms with Crippen LogP contribution < -0.4 is 10.4 Å². The van der Waals surface area contributed by atoms with Gasteiger partial charge in [-0.2, -0.15) is 0 Å². The zero-order valence-corrected chi connectivity index (χ0v) is 18.8. The Morgan fingerprint density at radius 1 is 1.10 bits per heavy atom. The molecular weight excluding hydrogens is 414 g/mol. The minimum absolute atomic E-state index is 0.0843. The summed E-state index contributed by atoms with van der Waals surface area (Å²) in [5, 5.41) is 25.5. The summed E-state index contributed by atoms with van der Waals surface area (Å²) < 4.78 is 11.8. The van der Waals surface area contributed by atoms with Gasteiger partial charge < -0.3 is 19.4 Å². The molecule has 0 spiro atoms. The Hall–Kier alpha value is -2.68. The topological polar surface area (TPSA) is 125 Å². The summed E-state index contributed by atoms with van der Waals surface area (Å²) in [5.74, 6) is -0.943. The Bertz CT molecular complexity index is 905. The van der Waals surface area contributed by atoms with Crippen LogP contribution in [-0.4, -0.2) is 55.5 Å². The Morgan fingerprint density at radius 2 is 1.61 bits per heavy atom. The molecule has 1 heterocycles. The fourth-order valence-electron chi connectivity index (χ4n) is 4.13. The van der Waals surface area contributed by atoms with Gasteiger partial charge in [0.1, 0.15) is 12.2 Å². The van der Waals surface area contributed by atoms with Gasteiger partial charge in [0.2, 0.25) is 0 Å². The second kappa shape index (κ2) is 9.21. The van der Waals surface area contributed by atoms with E-state index in [1.54, 1.807) is 0 Å². The monoisotopic (exact) mass is 441 g/mol. The van der Waals surface area contributed by atoms with Gasteiger partial charge in [-0.3, -0.25) is 0 Å². The fourth-order valence-corrected chi connectivity index (χ4v) is 8.71. The molecule has 2 aromatic carbocycles. The van der Waals surface area contributed by atoms with Crippen molar-refractivity contribution in [3.05, 3.63) is 71.1 Å². The van der Waals surface area contributed by atoms with E-state index < -0.39 is 38.6 Å². The third kappa shape index (κ3) is 4.37. The van der Waals surface area contributed by atoms with Crippen molar-refractivity contribution in [3.63, 3.8) is 0 Å². The average molecular weight is 442 g/mol. The van der Waals surface area contributed by atoms with Crippen LogP contribution in [0.2, 0.25) is 5.04 Å². The van der Waals surface area contributed by atoms with Gasteiger partial charge in [0.15, 0.2) is 6.10 Å². The van der Waals surface area contributed by atoms with Crippen molar-refractivity contribution in [2.24, 2.45) is 5.11 Å². The number of rotatable bonds is 7. The number of benzene rings is 2. The van der Waals surface area contributed by atoms with Crippen LogP contribution in [-0.2, 0) is 14.0 Å². The van der Waals surface area contributed by atoms with Crippen molar-refractivity contribution in [1.29, 1.82) is 0 Å². The van der Waals surface area contributed by atoms with Crippen LogP contribution >= 0.6 is 0 Å². The van der Waals surface area contributed by atoms with Crippen molar-refractivity contribution in [1.82, 2.24) is 0 Å². The molecule has 31 heavy (non-hydrogen) atoms. The van der Waals surface area contributed by atoms with Crippen LogP contribution in [0, 0.1) is 0 Å². The normalized spacial score (nSPS) is 22.5. The first-order valence-corrected chi connectivity index (χ1v) is 12.0. The molecule has 0 amide bonds. The minimum Gasteiger partial charge on any atom is -0.457 e. The van der Waals surface area contributed by atoms with E-state index in [0.717, 1.165) is 10.4 Å². The smallest absolute Gasteiger partial charge is 0.338 e. The first kappa shape index (κ1) is 23.0. The maximum atomic E-state index is 11.7. The van der Waals surface area contributed by atoms with Crippen LogP contribution in [0.1, 0.15) is 20.8 Å². The molecule has 0 saturated carbocycles. The highest BCUT2D eigenvalue weighted by Crippen LogP contribution is 2.37. The summed E-state index contributed by atoms with van der Waals surface area (Å²) in [6, 6.07) is 18.8. The highest BCUT2D eigenvalue weighted by Gasteiger charge is 2.52. The number of nitrogens with zero attached hydrogens (tertiary/aromatic N) is 3. The largest absolute Gasteiger partial charge is 0.457 e. The Labute approximate surface area is 182 Å². The molecule has 0 aromatic heterocycles. The summed E-state index contributed by atoms with van der Waals surface area (Å²) >= 11 is 0. The summed E-state index contributed by atoms with van der Waals surface area (Å²) in [6.07, 6.45) is -4.35. The number of aliphatic hydroxyl groups excluding tert-OH is 2. The number of aliphatic hydroxyl groups is 2. The average Bonchev–Trinajstić information content (AvgIpc) is 3.01. The zero-order chi connectivity index (χ0) is 22.6. The van der Waals surface area contributed by atoms with Gasteiger partial charge in [-0.1, -0.05) is 86.5 Å². The number of hydrogen-bond donors (Lipinski definition) is 2. The van der Waals surface area contributed by atoms with E-state index in [2.05, 4.69) is 30.8 Å². The number of ether oxygens (including phenoxy) is 1. The van der Waals surface area contributed by atoms with E-state index in [1.807, 2.05) is 60.7 Å². The molecular formula is C22H27N3O5Si. The van der Waals surface area contributed by atoms with E-state index in [-0.39, 0.29) is 11.6 Å². The molecule has 0 radical (unpaired) electrons. The van der Waals surface area contributed by atoms with Crippen molar-refractivity contribution in [3.8, 4) is 0 Å². The van der Waals surface area contributed by atoms with E-state index in [1.165, 1.54) is 0 Å². The van der Waals surface area contributed by atoms with E-state index in [9.17, 15) is 15.0 Å². The predicted octanol–water partition coefficient (Wildman–Crippen LogP) is 1.89. The number of carbonyl (C=O) groups excluding carboxylic acids is 1.